The van der Waals surface area contributed by atoms with Crippen LogP contribution in [0.3, 0.4) is 0 Å². The van der Waals surface area contributed by atoms with E-state index in [1.165, 1.54) is 0 Å². The van der Waals surface area contributed by atoms with Crippen molar-refractivity contribution >= 4 is 23.8 Å². The van der Waals surface area contributed by atoms with E-state index >= 15 is 0 Å². The highest BCUT2D eigenvalue weighted by atomic mass is 32.2. The summed E-state index contributed by atoms with van der Waals surface area (Å²) in [5, 5.41) is 2.31. The summed E-state index contributed by atoms with van der Waals surface area (Å²) < 4.78 is 4.74. The van der Waals surface area contributed by atoms with Gasteiger partial charge in [-0.15, -0.1) is 11.8 Å². The summed E-state index contributed by atoms with van der Waals surface area (Å²) in [6.07, 6.45) is -0.673. The van der Waals surface area contributed by atoms with Crippen molar-refractivity contribution in [2.75, 3.05) is 0 Å². The highest BCUT2D eigenvalue weighted by Gasteiger charge is 2.41. The number of benzene rings is 3. The number of hydrogen-bond acceptors (Lipinski definition) is 4. The van der Waals surface area contributed by atoms with Gasteiger partial charge in [0.2, 0.25) is 5.91 Å². The minimum Gasteiger partial charge on any atom is -0.444 e. The van der Waals surface area contributed by atoms with Crippen molar-refractivity contribution in [2.45, 2.75) is 49.3 Å². The quantitative estimate of drug-likeness (QED) is 0.422. The van der Waals surface area contributed by atoms with E-state index in [1.807, 2.05) is 61.5 Å². The number of carbonyl (C=O) groups is 2. The molecule has 0 spiro atoms. The molecule has 2 amide bonds. The van der Waals surface area contributed by atoms with Crippen LogP contribution in [0.25, 0.3) is 0 Å². The van der Waals surface area contributed by atoms with Crippen LogP contribution in [-0.4, -0.2) is 28.9 Å². The number of rotatable bonds is 8. The zero-order valence-corrected chi connectivity index (χ0v) is 20.8. The van der Waals surface area contributed by atoms with Crippen LogP contribution in [0.15, 0.2) is 91.0 Å². The maximum absolute atomic E-state index is 12.5. The van der Waals surface area contributed by atoms with E-state index in [0.717, 1.165) is 16.7 Å². The smallest absolute Gasteiger partial charge is 0.408 e. The molecule has 2 unspecified atom stereocenters. The summed E-state index contributed by atoms with van der Waals surface area (Å²) in [6.45, 7) is 7.22. The van der Waals surface area contributed by atoms with Crippen molar-refractivity contribution < 1.29 is 14.3 Å². The largest absolute Gasteiger partial charge is 0.444 e. The lowest BCUT2D eigenvalue weighted by atomic mass is 9.84. The molecule has 0 saturated carbocycles. The lowest BCUT2D eigenvalue weighted by Gasteiger charge is -2.39. The molecule has 178 valence electrons. The van der Waals surface area contributed by atoms with Crippen LogP contribution >= 0.6 is 11.8 Å². The average molecular weight is 477 g/mol. The van der Waals surface area contributed by atoms with Gasteiger partial charge in [0.1, 0.15) is 11.6 Å². The zero-order valence-electron chi connectivity index (χ0n) is 20.0. The first-order valence-electron chi connectivity index (χ1n) is 11.3. The molecule has 3 aromatic rings. The fourth-order valence-electron chi connectivity index (χ4n) is 3.92. The molecular formula is C28H32N2O3S. The van der Waals surface area contributed by atoms with E-state index in [1.54, 1.807) is 32.5 Å². The highest BCUT2D eigenvalue weighted by molar-refractivity contribution is 8.01. The minimum absolute atomic E-state index is 0.384. The van der Waals surface area contributed by atoms with Crippen molar-refractivity contribution in [2.24, 2.45) is 5.73 Å². The molecule has 0 aromatic heterocycles. The highest BCUT2D eigenvalue weighted by Crippen LogP contribution is 2.50. The molecule has 34 heavy (non-hydrogen) atoms. The van der Waals surface area contributed by atoms with Crippen molar-refractivity contribution in [3.8, 4) is 0 Å². The van der Waals surface area contributed by atoms with Crippen LogP contribution in [0.4, 0.5) is 4.79 Å². The number of hydrogen-bond donors (Lipinski definition) is 2. The molecule has 0 aliphatic heterocycles. The third-order valence-electron chi connectivity index (χ3n) is 5.35. The molecule has 5 nitrogen and oxygen atoms in total. The Hall–Kier alpha value is -3.25. The minimum atomic E-state index is -0.935. The summed E-state index contributed by atoms with van der Waals surface area (Å²) >= 11 is 1.58. The maximum Gasteiger partial charge on any atom is 0.408 e. The Bertz CT molecular complexity index is 986. The number of carbonyl (C=O) groups excluding carboxylic acids is 2. The molecule has 0 aliphatic rings. The summed E-state index contributed by atoms with van der Waals surface area (Å²) in [7, 11) is 0. The Morgan fingerprint density at radius 2 is 1.18 bits per heavy atom. The van der Waals surface area contributed by atoms with Gasteiger partial charge in [-0.1, -0.05) is 97.9 Å². The van der Waals surface area contributed by atoms with Crippen molar-refractivity contribution in [1.82, 2.24) is 5.32 Å². The molecule has 0 aliphatic carbocycles. The van der Waals surface area contributed by atoms with E-state index < -0.39 is 28.4 Å². The Kier molecular flexibility index (Phi) is 8.05. The van der Waals surface area contributed by atoms with E-state index in [9.17, 15) is 9.59 Å². The van der Waals surface area contributed by atoms with Gasteiger partial charge in [0.15, 0.2) is 0 Å². The predicted octanol–water partition coefficient (Wildman–Crippen LogP) is 5.48. The molecule has 0 radical (unpaired) electrons. The number of primary amides is 1. The van der Waals surface area contributed by atoms with Gasteiger partial charge in [0.05, 0.1) is 4.75 Å². The van der Waals surface area contributed by atoms with Crippen molar-refractivity contribution in [3.05, 3.63) is 108 Å². The molecule has 6 heteroatoms. The third kappa shape index (κ3) is 6.00. The van der Waals surface area contributed by atoms with Crippen molar-refractivity contribution in [3.63, 3.8) is 0 Å². The van der Waals surface area contributed by atoms with Gasteiger partial charge in [-0.25, -0.2) is 4.79 Å². The predicted molar refractivity (Wildman–Crippen MR) is 139 cm³/mol. The van der Waals surface area contributed by atoms with Crippen LogP contribution in [0.1, 0.15) is 44.4 Å². The molecule has 0 bridgehead atoms. The lowest BCUT2D eigenvalue weighted by Crippen LogP contribution is -2.52. The molecule has 3 aromatic carbocycles. The molecule has 0 heterocycles. The number of ether oxygens (including phenoxy) is 1. The Balaban J connectivity index is 2.10. The van der Waals surface area contributed by atoms with Gasteiger partial charge < -0.3 is 15.8 Å². The Morgan fingerprint density at radius 1 is 0.794 bits per heavy atom. The molecule has 0 fully saturated rings. The molecule has 3 rings (SSSR count). The fraction of sp³-hybridized carbons (Fsp3) is 0.286. The third-order valence-corrected chi connectivity index (χ3v) is 7.06. The second-order valence-electron chi connectivity index (χ2n) is 9.13. The Morgan fingerprint density at radius 3 is 1.50 bits per heavy atom. The molecule has 0 saturated heterocycles. The van der Waals surface area contributed by atoms with Crippen LogP contribution in [-0.2, 0) is 14.3 Å². The summed E-state index contributed by atoms with van der Waals surface area (Å²) in [5.74, 6) is -0.617. The van der Waals surface area contributed by atoms with Gasteiger partial charge in [-0.05, 0) is 37.5 Å². The molecule has 2 atom stereocenters. The van der Waals surface area contributed by atoms with E-state index in [4.69, 9.17) is 10.5 Å². The van der Waals surface area contributed by atoms with Crippen LogP contribution in [0, 0.1) is 0 Å². The van der Waals surface area contributed by atoms with Crippen molar-refractivity contribution in [1.29, 1.82) is 0 Å². The van der Waals surface area contributed by atoms with E-state index in [0.29, 0.717) is 0 Å². The van der Waals surface area contributed by atoms with E-state index in [2.05, 4.69) is 41.7 Å². The van der Waals surface area contributed by atoms with Crippen LogP contribution in [0.5, 0.6) is 0 Å². The van der Waals surface area contributed by atoms with Gasteiger partial charge >= 0.3 is 6.09 Å². The number of thioether (sulfide) groups is 1. The maximum atomic E-state index is 12.5. The Labute approximate surface area is 206 Å². The first-order valence-corrected chi connectivity index (χ1v) is 12.1. The number of nitrogens with one attached hydrogen (secondary N) is 1. The SMILES string of the molecule is CC(SC(c1ccccc1)(c1ccccc1)c1ccccc1)C(NC(=O)OC(C)(C)C)C(N)=O. The van der Waals surface area contributed by atoms with E-state index in [-0.39, 0.29) is 5.25 Å². The van der Waals surface area contributed by atoms with Gasteiger partial charge in [0, 0.05) is 5.25 Å². The zero-order chi connectivity index (χ0) is 24.8. The first-order chi connectivity index (χ1) is 16.1. The summed E-state index contributed by atoms with van der Waals surface area (Å²) in [5.41, 5.74) is 8.25. The summed E-state index contributed by atoms with van der Waals surface area (Å²) in [4.78, 5) is 25.0. The number of nitrogens with two attached hydrogens (primary N) is 1. The molecular weight excluding hydrogens is 444 g/mol. The normalized spacial score (nSPS) is 13.5. The standard InChI is InChI=1S/C28H32N2O3S/c1-20(24(25(29)31)30-26(32)33-27(2,3)4)34-28(21-14-8-5-9-15-21,22-16-10-6-11-17-22)23-18-12-7-13-19-23/h5-20,24H,1-4H3,(H2,29,31)(H,30,32). The lowest BCUT2D eigenvalue weighted by molar-refractivity contribution is -0.120. The van der Waals surface area contributed by atoms with Gasteiger partial charge in [-0.3, -0.25) is 4.79 Å². The van der Waals surface area contributed by atoms with Gasteiger partial charge in [0.25, 0.3) is 0 Å². The topological polar surface area (TPSA) is 81.4 Å². The number of amides is 2. The average Bonchev–Trinajstić information content (AvgIpc) is 2.81. The second-order valence-corrected chi connectivity index (χ2v) is 10.7. The second kappa shape index (κ2) is 10.8. The fourth-order valence-corrected chi connectivity index (χ4v) is 5.64. The first kappa shape index (κ1) is 25.4. The van der Waals surface area contributed by atoms with Gasteiger partial charge in [-0.2, -0.15) is 0 Å². The van der Waals surface area contributed by atoms with Crippen LogP contribution < -0.4 is 11.1 Å². The molecule has 3 N–H and O–H groups in total. The summed E-state index contributed by atoms with van der Waals surface area (Å²) in [6, 6.07) is 29.5. The number of alkyl carbamates (subject to hydrolysis) is 1. The monoisotopic (exact) mass is 476 g/mol. The van der Waals surface area contributed by atoms with Crippen LogP contribution in [0.2, 0.25) is 0 Å².